The number of aliphatic carboxylic acids is 1. The van der Waals surface area contributed by atoms with Crippen molar-refractivity contribution in [3.05, 3.63) is 0 Å². The molecule has 94 valence electrons. The van der Waals surface area contributed by atoms with Crippen molar-refractivity contribution in [1.82, 2.24) is 5.32 Å². The molecule has 0 aliphatic rings. The Morgan fingerprint density at radius 3 is 2.62 bits per heavy atom. The van der Waals surface area contributed by atoms with Crippen molar-refractivity contribution >= 4 is 11.9 Å². The third-order valence-corrected chi connectivity index (χ3v) is 2.01. The summed E-state index contributed by atoms with van der Waals surface area (Å²) in [5.41, 5.74) is 0. The van der Waals surface area contributed by atoms with Crippen LogP contribution in [-0.4, -0.2) is 36.7 Å². The summed E-state index contributed by atoms with van der Waals surface area (Å²) in [5, 5.41) is 11.0. The van der Waals surface area contributed by atoms with E-state index in [1.807, 2.05) is 0 Å². The molecular weight excluding hydrogens is 210 g/mol. The van der Waals surface area contributed by atoms with Gasteiger partial charge in [-0.15, -0.1) is 0 Å². The Balaban J connectivity index is 3.21. The van der Waals surface area contributed by atoms with Crippen LogP contribution in [0.2, 0.25) is 0 Å². The summed E-state index contributed by atoms with van der Waals surface area (Å²) < 4.78 is 5.15. The van der Waals surface area contributed by atoms with Crippen molar-refractivity contribution in [2.24, 2.45) is 0 Å². The molecular formula is C11H21NO4. The maximum Gasteiger partial charge on any atom is 0.303 e. The number of carboxylic acid groups (broad SMARTS) is 1. The van der Waals surface area contributed by atoms with Crippen LogP contribution in [-0.2, 0) is 14.3 Å². The van der Waals surface area contributed by atoms with E-state index in [1.165, 1.54) is 0 Å². The van der Waals surface area contributed by atoms with Gasteiger partial charge in [0.05, 0.1) is 0 Å². The van der Waals surface area contributed by atoms with Gasteiger partial charge in [-0.3, -0.25) is 9.59 Å². The monoisotopic (exact) mass is 231 g/mol. The third-order valence-electron chi connectivity index (χ3n) is 2.01. The van der Waals surface area contributed by atoms with Crippen molar-refractivity contribution in [2.75, 3.05) is 19.8 Å². The second kappa shape index (κ2) is 10.4. The molecule has 0 unspecified atom stereocenters. The van der Waals surface area contributed by atoms with E-state index < -0.39 is 5.97 Å². The molecule has 0 aromatic carbocycles. The Labute approximate surface area is 96.2 Å². The Morgan fingerprint density at radius 2 is 2.00 bits per heavy atom. The standard InChI is InChI=1S/C11H21NO4/c1-2-3-4-8-16-9-10(13)12-7-5-6-11(14)15/h2-9H2,1H3,(H,12,13)(H,14,15). The van der Waals surface area contributed by atoms with Crippen LogP contribution in [0.5, 0.6) is 0 Å². The Bertz CT molecular complexity index is 206. The Hall–Kier alpha value is -1.10. The molecule has 0 rings (SSSR count). The molecule has 0 heterocycles. The van der Waals surface area contributed by atoms with E-state index in [4.69, 9.17) is 9.84 Å². The molecule has 0 aliphatic heterocycles. The van der Waals surface area contributed by atoms with Crippen LogP contribution in [0.25, 0.3) is 0 Å². The molecule has 0 aromatic rings. The van der Waals surface area contributed by atoms with Gasteiger partial charge < -0.3 is 15.2 Å². The van der Waals surface area contributed by atoms with Gasteiger partial charge in [0.25, 0.3) is 0 Å². The molecule has 2 N–H and O–H groups in total. The predicted molar refractivity (Wildman–Crippen MR) is 60.2 cm³/mol. The van der Waals surface area contributed by atoms with Crippen LogP contribution in [0.15, 0.2) is 0 Å². The molecule has 5 heteroatoms. The highest BCUT2D eigenvalue weighted by Gasteiger charge is 2.01. The van der Waals surface area contributed by atoms with Crippen molar-refractivity contribution < 1.29 is 19.4 Å². The number of carbonyl (C=O) groups is 2. The van der Waals surface area contributed by atoms with Gasteiger partial charge in [-0.05, 0) is 12.8 Å². The van der Waals surface area contributed by atoms with Crippen LogP contribution in [0, 0.1) is 0 Å². The highest BCUT2D eigenvalue weighted by molar-refractivity contribution is 5.77. The number of carboxylic acids is 1. The lowest BCUT2D eigenvalue weighted by Crippen LogP contribution is -2.28. The van der Waals surface area contributed by atoms with E-state index in [0.29, 0.717) is 19.6 Å². The van der Waals surface area contributed by atoms with Crippen LogP contribution in [0.4, 0.5) is 0 Å². The molecule has 0 fully saturated rings. The summed E-state index contributed by atoms with van der Waals surface area (Å²) in [6.45, 7) is 3.17. The fourth-order valence-corrected chi connectivity index (χ4v) is 1.14. The van der Waals surface area contributed by atoms with Crippen molar-refractivity contribution in [3.63, 3.8) is 0 Å². The number of hydrogen-bond acceptors (Lipinski definition) is 3. The summed E-state index contributed by atoms with van der Waals surface area (Å²) in [7, 11) is 0. The first-order chi connectivity index (χ1) is 7.66. The minimum absolute atomic E-state index is 0.0663. The van der Waals surface area contributed by atoms with Gasteiger partial charge in [0.2, 0.25) is 5.91 Å². The maximum atomic E-state index is 11.1. The Morgan fingerprint density at radius 1 is 1.25 bits per heavy atom. The van der Waals surface area contributed by atoms with Gasteiger partial charge in [-0.25, -0.2) is 0 Å². The normalized spacial score (nSPS) is 10.1. The van der Waals surface area contributed by atoms with Gasteiger partial charge in [0.1, 0.15) is 6.61 Å². The number of carbonyl (C=O) groups excluding carboxylic acids is 1. The second-order valence-corrected chi connectivity index (χ2v) is 3.61. The average Bonchev–Trinajstić information content (AvgIpc) is 2.24. The first kappa shape index (κ1) is 14.9. The summed E-state index contributed by atoms with van der Waals surface area (Å²) in [6, 6.07) is 0. The number of hydrogen-bond donors (Lipinski definition) is 2. The van der Waals surface area contributed by atoms with Gasteiger partial charge in [-0.1, -0.05) is 19.8 Å². The first-order valence-corrected chi connectivity index (χ1v) is 5.73. The third kappa shape index (κ3) is 11.0. The van der Waals surface area contributed by atoms with E-state index in [9.17, 15) is 9.59 Å². The molecule has 1 amide bonds. The van der Waals surface area contributed by atoms with Crippen LogP contribution in [0.3, 0.4) is 0 Å². The molecule has 0 aromatic heterocycles. The second-order valence-electron chi connectivity index (χ2n) is 3.61. The van der Waals surface area contributed by atoms with Gasteiger partial charge in [0.15, 0.2) is 0 Å². The van der Waals surface area contributed by atoms with Crippen molar-refractivity contribution in [2.45, 2.75) is 39.0 Å². The average molecular weight is 231 g/mol. The summed E-state index contributed by atoms with van der Waals surface area (Å²) >= 11 is 0. The molecule has 16 heavy (non-hydrogen) atoms. The van der Waals surface area contributed by atoms with Crippen molar-refractivity contribution in [1.29, 1.82) is 0 Å². The summed E-state index contributed by atoms with van der Waals surface area (Å²) in [4.78, 5) is 21.3. The van der Waals surface area contributed by atoms with Gasteiger partial charge in [0, 0.05) is 19.6 Å². The highest BCUT2D eigenvalue weighted by Crippen LogP contribution is 1.93. The molecule has 0 spiro atoms. The SMILES string of the molecule is CCCCCOCC(=O)NCCCC(=O)O. The minimum atomic E-state index is -0.843. The molecule has 5 nitrogen and oxygen atoms in total. The molecule has 0 saturated carbocycles. The number of rotatable bonds is 10. The topological polar surface area (TPSA) is 75.6 Å². The fraction of sp³-hybridized carbons (Fsp3) is 0.818. The number of amides is 1. The Kier molecular flexibility index (Phi) is 9.70. The van der Waals surface area contributed by atoms with Crippen LogP contribution < -0.4 is 5.32 Å². The van der Waals surface area contributed by atoms with Crippen LogP contribution in [0.1, 0.15) is 39.0 Å². The minimum Gasteiger partial charge on any atom is -0.481 e. The zero-order valence-corrected chi connectivity index (χ0v) is 9.83. The summed E-state index contributed by atoms with van der Waals surface area (Å²) in [6.07, 6.45) is 3.75. The number of nitrogens with one attached hydrogen (secondary N) is 1. The quantitative estimate of drug-likeness (QED) is 0.553. The molecule has 0 radical (unpaired) electrons. The molecule has 0 saturated heterocycles. The largest absolute Gasteiger partial charge is 0.481 e. The lowest BCUT2D eigenvalue weighted by atomic mass is 10.3. The fourth-order valence-electron chi connectivity index (χ4n) is 1.14. The predicted octanol–water partition coefficient (Wildman–Crippen LogP) is 1.17. The van der Waals surface area contributed by atoms with E-state index >= 15 is 0 Å². The summed E-state index contributed by atoms with van der Waals surface area (Å²) in [5.74, 6) is -1.02. The van der Waals surface area contributed by atoms with E-state index in [-0.39, 0.29) is 18.9 Å². The highest BCUT2D eigenvalue weighted by atomic mass is 16.5. The van der Waals surface area contributed by atoms with Gasteiger partial charge in [-0.2, -0.15) is 0 Å². The van der Waals surface area contributed by atoms with E-state index in [0.717, 1.165) is 19.3 Å². The van der Waals surface area contributed by atoms with Gasteiger partial charge >= 0.3 is 5.97 Å². The number of ether oxygens (including phenoxy) is 1. The van der Waals surface area contributed by atoms with E-state index in [1.54, 1.807) is 0 Å². The van der Waals surface area contributed by atoms with Crippen LogP contribution >= 0.6 is 0 Å². The maximum absolute atomic E-state index is 11.1. The zero-order valence-electron chi connectivity index (χ0n) is 9.83. The van der Waals surface area contributed by atoms with E-state index in [2.05, 4.69) is 12.2 Å². The smallest absolute Gasteiger partial charge is 0.303 e. The number of unbranched alkanes of at least 4 members (excludes halogenated alkanes) is 2. The van der Waals surface area contributed by atoms with Crippen molar-refractivity contribution in [3.8, 4) is 0 Å². The lowest BCUT2D eigenvalue weighted by molar-refractivity contribution is -0.137. The first-order valence-electron chi connectivity index (χ1n) is 5.73. The molecule has 0 bridgehead atoms. The molecule has 0 atom stereocenters. The zero-order chi connectivity index (χ0) is 12.2. The molecule has 0 aliphatic carbocycles. The lowest BCUT2D eigenvalue weighted by Gasteiger charge is -2.05.